The predicted octanol–water partition coefficient (Wildman–Crippen LogP) is 3.49. The zero-order valence-electron chi connectivity index (χ0n) is 16.0. The molecule has 0 radical (unpaired) electrons. The van der Waals surface area contributed by atoms with Crippen molar-refractivity contribution in [3.05, 3.63) is 46.2 Å². The molecule has 1 saturated carbocycles. The van der Waals surface area contributed by atoms with Crippen molar-refractivity contribution in [2.75, 3.05) is 7.11 Å². The molecule has 0 unspecified atom stereocenters. The van der Waals surface area contributed by atoms with Crippen molar-refractivity contribution in [2.45, 2.75) is 38.8 Å². The van der Waals surface area contributed by atoms with E-state index in [2.05, 4.69) is 13.8 Å². The van der Waals surface area contributed by atoms with Gasteiger partial charge in [-0.2, -0.15) is 5.10 Å². The minimum absolute atomic E-state index is 0.0222. The zero-order valence-corrected chi connectivity index (χ0v) is 16.0. The molecule has 0 saturated heterocycles. The molecule has 7 nitrogen and oxygen atoms in total. The Labute approximate surface area is 161 Å². The van der Waals surface area contributed by atoms with Crippen LogP contribution in [0.15, 0.2) is 35.3 Å². The molecule has 2 atom stereocenters. The molecule has 0 spiro atoms. The lowest BCUT2D eigenvalue weighted by atomic mass is 9.84. The summed E-state index contributed by atoms with van der Waals surface area (Å²) in [6, 6.07) is 7.31. The molecule has 3 heterocycles. The van der Waals surface area contributed by atoms with Crippen LogP contribution in [0.4, 0.5) is 0 Å². The summed E-state index contributed by atoms with van der Waals surface area (Å²) in [5.41, 5.74) is 1.58. The minimum atomic E-state index is -1.20. The van der Waals surface area contributed by atoms with Gasteiger partial charge in [0.1, 0.15) is 16.8 Å². The summed E-state index contributed by atoms with van der Waals surface area (Å²) in [5.74, 6) is -0.512. The lowest BCUT2D eigenvalue weighted by Crippen LogP contribution is -2.35. The average molecular weight is 379 g/mol. The van der Waals surface area contributed by atoms with Crippen molar-refractivity contribution < 1.29 is 14.6 Å². The summed E-state index contributed by atoms with van der Waals surface area (Å²) in [4.78, 5) is 24.1. The third-order valence-corrected chi connectivity index (χ3v) is 6.33. The Morgan fingerprint density at radius 3 is 2.86 bits per heavy atom. The van der Waals surface area contributed by atoms with Crippen LogP contribution in [0, 0.1) is 5.41 Å². The van der Waals surface area contributed by atoms with E-state index in [-0.39, 0.29) is 23.1 Å². The number of aromatic carboxylic acids is 1. The van der Waals surface area contributed by atoms with Crippen LogP contribution in [0.5, 0.6) is 5.75 Å². The van der Waals surface area contributed by atoms with Crippen LogP contribution in [0.25, 0.3) is 22.3 Å². The van der Waals surface area contributed by atoms with Gasteiger partial charge in [0.25, 0.3) is 0 Å². The molecule has 1 N–H and O–H groups in total. The topological polar surface area (TPSA) is 86.3 Å². The highest BCUT2D eigenvalue weighted by molar-refractivity contribution is 5.97. The number of fused-ring (bicyclic) bond motifs is 8. The molecule has 2 aromatic heterocycles. The summed E-state index contributed by atoms with van der Waals surface area (Å²) in [5, 5.41) is 15.3. The highest BCUT2D eigenvalue weighted by Crippen LogP contribution is 2.56. The molecule has 0 amide bonds. The van der Waals surface area contributed by atoms with Gasteiger partial charge in [0.05, 0.1) is 30.6 Å². The monoisotopic (exact) mass is 379 g/mol. The van der Waals surface area contributed by atoms with Gasteiger partial charge in [-0.25, -0.2) is 4.79 Å². The SMILES string of the molecule is COc1cccc2c3n(nc12)[C@@H]1CCC(C)(C)[C@@H]1n1cc(C(=O)O)c(=O)cc1-3. The van der Waals surface area contributed by atoms with Crippen LogP contribution in [0.2, 0.25) is 0 Å². The Bertz CT molecular complexity index is 1200. The van der Waals surface area contributed by atoms with Crippen LogP contribution in [-0.4, -0.2) is 32.5 Å². The second-order valence-electron chi connectivity index (χ2n) is 8.34. The van der Waals surface area contributed by atoms with Crippen LogP contribution in [0.3, 0.4) is 0 Å². The fourth-order valence-corrected chi connectivity index (χ4v) is 5.05. The third-order valence-electron chi connectivity index (χ3n) is 6.33. The number of hydrogen-bond acceptors (Lipinski definition) is 4. The maximum atomic E-state index is 12.5. The first-order valence-corrected chi connectivity index (χ1v) is 9.38. The van der Waals surface area contributed by atoms with Crippen LogP contribution >= 0.6 is 0 Å². The first-order valence-electron chi connectivity index (χ1n) is 9.38. The number of benzene rings is 1. The molecular weight excluding hydrogens is 358 g/mol. The Balaban J connectivity index is 1.91. The molecule has 5 rings (SSSR count). The van der Waals surface area contributed by atoms with E-state index in [0.717, 1.165) is 29.4 Å². The summed E-state index contributed by atoms with van der Waals surface area (Å²) in [7, 11) is 1.62. The van der Waals surface area contributed by atoms with E-state index in [9.17, 15) is 14.7 Å². The fourth-order valence-electron chi connectivity index (χ4n) is 5.05. The lowest BCUT2D eigenvalue weighted by molar-refractivity contribution is 0.0693. The van der Waals surface area contributed by atoms with E-state index in [1.54, 1.807) is 7.11 Å². The molecular formula is C21H21N3O4. The summed E-state index contributed by atoms with van der Waals surface area (Å²) in [6.45, 7) is 4.38. The van der Waals surface area contributed by atoms with Gasteiger partial charge in [-0.15, -0.1) is 0 Å². The molecule has 1 aliphatic heterocycles. The van der Waals surface area contributed by atoms with Crippen molar-refractivity contribution >= 4 is 16.9 Å². The number of methoxy groups -OCH3 is 1. The van der Waals surface area contributed by atoms with Gasteiger partial charge in [0.15, 0.2) is 5.43 Å². The highest BCUT2D eigenvalue weighted by Gasteiger charge is 2.48. The molecule has 0 bridgehead atoms. The standard InChI is InChI=1S/C21H21N3O4/c1-21(2)8-7-13-19(21)23-10-12(20(26)27)15(25)9-14(23)18-11-5-4-6-16(28-3)17(11)22-24(13)18/h4-6,9-10,13,19H,7-8H2,1-3H3,(H,26,27)/t13-,19-/m1/s1. The van der Waals surface area contributed by atoms with Gasteiger partial charge in [-0.3, -0.25) is 9.48 Å². The van der Waals surface area contributed by atoms with Crippen molar-refractivity contribution in [1.82, 2.24) is 14.3 Å². The first kappa shape index (κ1) is 17.0. The highest BCUT2D eigenvalue weighted by atomic mass is 16.5. The van der Waals surface area contributed by atoms with Gasteiger partial charge >= 0.3 is 5.97 Å². The van der Waals surface area contributed by atoms with Crippen LogP contribution < -0.4 is 10.2 Å². The van der Waals surface area contributed by atoms with E-state index >= 15 is 0 Å². The van der Waals surface area contributed by atoms with Crippen molar-refractivity contribution in [3.8, 4) is 17.1 Å². The van der Waals surface area contributed by atoms with Crippen molar-refractivity contribution in [3.63, 3.8) is 0 Å². The van der Waals surface area contributed by atoms with E-state index in [1.165, 1.54) is 12.3 Å². The Kier molecular flexibility index (Phi) is 3.33. The van der Waals surface area contributed by atoms with Crippen molar-refractivity contribution in [2.24, 2.45) is 5.41 Å². The van der Waals surface area contributed by atoms with Crippen molar-refractivity contribution in [1.29, 1.82) is 0 Å². The molecule has 28 heavy (non-hydrogen) atoms. The largest absolute Gasteiger partial charge is 0.494 e. The smallest absolute Gasteiger partial charge is 0.341 e. The van der Waals surface area contributed by atoms with E-state index in [4.69, 9.17) is 9.84 Å². The summed E-state index contributed by atoms with van der Waals surface area (Å²) < 4.78 is 9.53. The van der Waals surface area contributed by atoms with Gasteiger partial charge in [-0.1, -0.05) is 26.0 Å². The lowest BCUT2D eigenvalue weighted by Gasteiger charge is -2.39. The molecule has 1 fully saturated rings. The second kappa shape index (κ2) is 5.47. The molecule has 3 aromatic rings. The predicted molar refractivity (Wildman–Crippen MR) is 104 cm³/mol. The molecule has 2 aliphatic rings. The second-order valence-corrected chi connectivity index (χ2v) is 8.34. The Hall–Kier alpha value is -3.09. The Morgan fingerprint density at radius 1 is 1.36 bits per heavy atom. The molecule has 1 aliphatic carbocycles. The number of rotatable bonds is 2. The summed E-state index contributed by atoms with van der Waals surface area (Å²) in [6.07, 6.45) is 3.45. The van der Waals surface area contributed by atoms with Gasteiger partial charge in [-0.05, 0) is 24.3 Å². The number of ether oxygens (including phenoxy) is 1. The normalized spacial score (nSPS) is 21.8. The average Bonchev–Trinajstić information content (AvgIpc) is 3.19. The van der Waals surface area contributed by atoms with Gasteiger partial charge in [0.2, 0.25) is 0 Å². The summed E-state index contributed by atoms with van der Waals surface area (Å²) >= 11 is 0. The van der Waals surface area contributed by atoms with Crippen LogP contribution in [0.1, 0.15) is 49.1 Å². The van der Waals surface area contributed by atoms with E-state index < -0.39 is 11.4 Å². The number of hydrogen-bond donors (Lipinski definition) is 1. The zero-order chi connectivity index (χ0) is 19.8. The van der Waals surface area contributed by atoms with Gasteiger partial charge < -0.3 is 14.4 Å². The number of carbonyl (C=O) groups is 1. The minimum Gasteiger partial charge on any atom is -0.494 e. The number of aromatic nitrogens is 3. The Morgan fingerprint density at radius 2 is 2.14 bits per heavy atom. The molecule has 144 valence electrons. The van der Waals surface area contributed by atoms with Crippen LogP contribution in [-0.2, 0) is 0 Å². The maximum Gasteiger partial charge on any atom is 0.341 e. The number of nitrogens with zero attached hydrogens (tertiary/aromatic N) is 3. The number of pyridine rings is 1. The maximum absolute atomic E-state index is 12.5. The number of carboxylic acid groups (broad SMARTS) is 1. The fraction of sp³-hybridized carbons (Fsp3) is 0.381. The molecule has 7 heteroatoms. The van der Waals surface area contributed by atoms with E-state index in [0.29, 0.717) is 11.4 Å². The number of carboxylic acids is 1. The first-order chi connectivity index (χ1) is 13.3. The third kappa shape index (κ3) is 2.07. The van der Waals surface area contributed by atoms with Gasteiger partial charge in [0, 0.05) is 17.6 Å². The van der Waals surface area contributed by atoms with E-state index in [1.807, 2.05) is 27.4 Å². The quantitative estimate of drug-likeness (QED) is 0.737. The molecule has 1 aromatic carbocycles.